The standard InChI is InChI=1S/C23H27ClN4O/c1-26(23(29)21-17-28-12-3-2-4-22(28)25-21)16-19-10-14-27(15-11-19)13-9-18-5-7-20(24)8-6-18/h2-8,12,17,19H,9-11,13-16H2,1H3. The number of hydrogen-bond donors (Lipinski definition) is 0. The van der Waals surface area contributed by atoms with E-state index in [0.29, 0.717) is 11.6 Å². The van der Waals surface area contributed by atoms with Gasteiger partial charge in [-0.3, -0.25) is 4.79 Å². The first-order chi connectivity index (χ1) is 14.1. The lowest BCUT2D eigenvalue weighted by Crippen LogP contribution is -2.40. The van der Waals surface area contributed by atoms with E-state index in [4.69, 9.17) is 11.6 Å². The second-order valence-electron chi connectivity index (χ2n) is 7.94. The summed E-state index contributed by atoms with van der Waals surface area (Å²) in [4.78, 5) is 21.6. The highest BCUT2D eigenvalue weighted by molar-refractivity contribution is 6.30. The van der Waals surface area contributed by atoms with Crippen molar-refractivity contribution in [1.82, 2.24) is 19.2 Å². The Hall–Kier alpha value is -2.37. The number of benzene rings is 1. The number of halogens is 1. The predicted octanol–water partition coefficient (Wildman–Crippen LogP) is 4.01. The zero-order valence-electron chi connectivity index (χ0n) is 16.8. The SMILES string of the molecule is CN(CC1CCN(CCc2ccc(Cl)cc2)CC1)C(=O)c1cn2ccccc2n1. The third-order valence-electron chi connectivity index (χ3n) is 5.80. The lowest BCUT2D eigenvalue weighted by Gasteiger charge is -2.33. The molecule has 3 aromatic rings. The van der Waals surface area contributed by atoms with Gasteiger partial charge in [0.2, 0.25) is 0 Å². The van der Waals surface area contributed by atoms with Crippen LogP contribution in [-0.2, 0) is 6.42 Å². The van der Waals surface area contributed by atoms with Gasteiger partial charge in [0, 0.05) is 37.6 Å². The molecule has 152 valence electrons. The van der Waals surface area contributed by atoms with Gasteiger partial charge in [-0.05, 0) is 68.1 Å². The average molecular weight is 411 g/mol. The highest BCUT2D eigenvalue weighted by atomic mass is 35.5. The van der Waals surface area contributed by atoms with Crippen molar-refractivity contribution in [2.75, 3.05) is 33.2 Å². The number of rotatable bonds is 6. The van der Waals surface area contributed by atoms with Crippen molar-refractivity contribution in [3.05, 3.63) is 71.1 Å². The minimum atomic E-state index is -0.00105. The van der Waals surface area contributed by atoms with E-state index in [1.54, 1.807) is 0 Å². The van der Waals surface area contributed by atoms with E-state index in [-0.39, 0.29) is 5.91 Å². The minimum absolute atomic E-state index is 0.00105. The molecule has 1 saturated heterocycles. The quantitative estimate of drug-likeness (QED) is 0.616. The van der Waals surface area contributed by atoms with Crippen molar-refractivity contribution in [3.8, 4) is 0 Å². The van der Waals surface area contributed by atoms with E-state index >= 15 is 0 Å². The molecule has 1 aromatic carbocycles. The highest BCUT2D eigenvalue weighted by Crippen LogP contribution is 2.20. The number of aromatic nitrogens is 2. The van der Waals surface area contributed by atoms with Crippen LogP contribution in [0.4, 0.5) is 0 Å². The van der Waals surface area contributed by atoms with Gasteiger partial charge in [-0.25, -0.2) is 4.98 Å². The zero-order valence-corrected chi connectivity index (χ0v) is 17.6. The molecule has 1 amide bonds. The van der Waals surface area contributed by atoms with Gasteiger partial charge in [0.15, 0.2) is 0 Å². The molecule has 1 aliphatic heterocycles. The van der Waals surface area contributed by atoms with Gasteiger partial charge in [0.25, 0.3) is 5.91 Å². The molecule has 0 saturated carbocycles. The molecule has 0 spiro atoms. The summed E-state index contributed by atoms with van der Waals surface area (Å²) < 4.78 is 1.89. The molecule has 0 atom stereocenters. The maximum Gasteiger partial charge on any atom is 0.273 e. The fourth-order valence-corrected chi connectivity index (χ4v) is 4.16. The molecule has 2 aromatic heterocycles. The first-order valence-corrected chi connectivity index (χ1v) is 10.6. The van der Waals surface area contributed by atoms with Crippen molar-refractivity contribution in [2.45, 2.75) is 19.3 Å². The molecule has 5 nitrogen and oxygen atoms in total. The predicted molar refractivity (Wildman–Crippen MR) is 116 cm³/mol. The smallest absolute Gasteiger partial charge is 0.273 e. The molecule has 29 heavy (non-hydrogen) atoms. The molecule has 0 bridgehead atoms. The molecule has 4 rings (SSSR count). The summed E-state index contributed by atoms with van der Waals surface area (Å²) >= 11 is 5.96. The average Bonchev–Trinajstić information content (AvgIpc) is 3.18. The van der Waals surface area contributed by atoms with E-state index < -0.39 is 0 Å². The molecular formula is C23H27ClN4O. The van der Waals surface area contributed by atoms with Gasteiger partial charge in [0.1, 0.15) is 11.3 Å². The number of amides is 1. The number of carbonyl (C=O) groups excluding carboxylic acids is 1. The molecule has 0 aliphatic carbocycles. The Bertz CT molecular complexity index is 927. The molecular weight excluding hydrogens is 384 g/mol. The Morgan fingerprint density at radius 3 is 2.66 bits per heavy atom. The van der Waals surface area contributed by atoms with Crippen LogP contribution in [0.5, 0.6) is 0 Å². The van der Waals surface area contributed by atoms with Crippen molar-refractivity contribution < 1.29 is 4.79 Å². The van der Waals surface area contributed by atoms with Gasteiger partial charge in [-0.1, -0.05) is 29.8 Å². The topological polar surface area (TPSA) is 40.9 Å². The summed E-state index contributed by atoms with van der Waals surface area (Å²) in [6.07, 6.45) is 7.04. The van der Waals surface area contributed by atoms with Crippen LogP contribution >= 0.6 is 11.6 Å². The minimum Gasteiger partial charge on any atom is -0.340 e. The maximum absolute atomic E-state index is 12.8. The fraction of sp³-hybridized carbons (Fsp3) is 0.391. The zero-order chi connectivity index (χ0) is 20.2. The van der Waals surface area contributed by atoms with Crippen molar-refractivity contribution in [1.29, 1.82) is 0 Å². The Morgan fingerprint density at radius 2 is 1.93 bits per heavy atom. The summed E-state index contributed by atoms with van der Waals surface area (Å²) in [7, 11) is 1.89. The van der Waals surface area contributed by atoms with Crippen LogP contribution in [0.15, 0.2) is 54.9 Å². The number of imidazole rings is 1. The van der Waals surface area contributed by atoms with E-state index in [1.807, 2.05) is 59.1 Å². The summed E-state index contributed by atoms with van der Waals surface area (Å²) in [5.41, 5.74) is 2.65. The van der Waals surface area contributed by atoms with Gasteiger partial charge in [-0.2, -0.15) is 0 Å². The molecule has 0 unspecified atom stereocenters. The lowest BCUT2D eigenvalue weighted by atomic mass is 9.96. The number of hydrogen-bond acceptors (Lipinski definition) is 3. The third kappa shape index (κ3) is 4.98. The normalized spacial score (nSPS) is 15.7. The number of pyridine rings is 1. The third-order valence-corrected chi connectivity index (χ3v) is 6.05. The van der Waals surface area contributed by atoms with Gasteiger partial charge in [0.05, 0.1) is 0 Å². The van der Waals surface area contributed by atoms with Crippen molar-refractivity contribution in [3.63, 3.8) is 0 Å². The number of piperidine rings is 1. The Kier molecular flexibility index (Phi) is 6.16. The van der Waals surface area contributed by atoms with Gasteiger partial charge < -0.3 is 14.2 Å². The van der Waals surface area contributed by atoms with E-state index in [9.17, 15) is 4.79 Å². The molecule has 6 heteroatoms. The Morgan fingerprint density at radius 1 is 1.17 bits per heavy atom. The van der Waals surface area contributed by atoms with Gasteiger partial charge in [-0.15, -0.1) is 0 Å². The fourth-order valence-electron chi connectivity index (χ4n) is 4.03. The number of likely N-dealkylation sites (tertiary alicyclic amines) is 1. The monoisotopic (exact) mass is 410 g/mol. The first-order valence-electron chi connectivity index (χ1n) is 10.2. The summed E-state index contributed by atoms with van der Waals surface area (Å²) in [6, 6.07) is 13.9. The van der Waals surface area contributed by atoms with E-state index in [2.05, 4.69) is 22.0 Å². The molecule has 1 aliphatic rings. The van der Waals surface area contributed by atoms with Crippen molar-refractivity contribution in [2.24, 2.45) is 5.92 Å². The lowest BCUT2D eigenvalue weighted by molar-refractivity contribution is 0.0735. The largest absolute Gasteiger partial charge is 0.340 e. The van der Waals surface area contributed by atoms with Crippen LogP contribution < -0.4 is 0 Å². The van der Waals surface area contributed by atoms with Crippen LogP contribution in [0.25, 0.3) is 5.65 Å². The van der Waals surface area contributed by atoms with Crippen LogP contribution in [0.2, 0.25) is 5.02 Å². The molecule has 0 radical (unpaired) electrons. The molecule has 1 fully saturated rings. The summed E-state index contributed by atoms with van der Waals surface area (Å²) in [5.74, 6) is 0.548. The molecule has 3 heterocycles. The highest BCUT2D eigenvalue weighted by Gasteiger charge is 2.23. The number of fused-ring (bicyclic) bond motifs is 1. The second kappa shape index (κ2) is 8.97. The van der Waals surface area contributed by atoms with Gasteiger partial charge >= 0.3 is 0 Å². The Labute approximate surface area is 176 Å². The first kappa shape index (κ1) is 19.9. The van der Waals surface area contributed by atoms with E-state index in [1.165, 1.54) is 5.56 Å². The maximum atomic E-state index is 12.8. The van der Waals surface area contributed by atoms with Crippen LogP contribution in [0, 0.1) is 5.92 Å². The van der Waals surface area contributed by atoms with Crippen LogP contribution in [0.1, 0.15) is 28.9 Å². The van der Waals surface area contributed by atoms with Crippen LogP contribution in [0.3, 0.4) is 0 Å². The van der Waals surface area contributed by atoms with Crippen molar-refractivity contribution >= 4 is 23.2 Å². The number of nitrogens with zero attached hydrogens (tertiary/aromatic N) is 4. The van der Waals surface area contributed by atoms with Crippen LogP contribution in [-0.4, -0.2) is 58.3 Å². The van der Waals surface area contributed by atoms with E-state index in [0.717, 1.165) is 56.1 Å². The number of carbonyl (C=O) groups is 1. The summed E-state index contributed by atoms with van der Waals surface area (Å²) in [6.45, 7) is 4.05. The summed E-state index contributed by atoms with van der Waals surface area (Å²) in [5, 5.41) is 0.789. The second-order valence-corrected chi connectivity index (χ2v) is 8.38. The Balaban J connectivity index is 1.24. The molecule has 0 N–H and O–H groups in total.